The topological polar surface area (TPSA) is 218 Å². The van der Waals surface area contributed by atoms with Gasteiger partial charge in [0.15, 0.2) is 0 Å². The molecular formula is C49H79N9O5. The van der Waals surface area contributed by atoms with Crippen LogP contribution >= 0.6 is 0 Å². The van der Waals surface area contributed by atoms with Crippen LogP contribution in [-0.2, 0) is 30.5 Å². The lowest BCUT2D eigenvalue weighted by molar-refractivity contribution is -0.126. The first-order chi connectivity index (χ1) is 30.4. The number of benzene rings is 2. The standard InChI is InChI=1S/C49H79N9O5/c1-36(2)20-8-5-6-17-31-53-44(60)27-9-7-19-33-58(52)48-41-24-12-13-26-43(41)57(34-38-21-10-11-23-40(38)47(48)51)46(62)29-28-45(61)54-32-18-15-22-39(35-59)56-49(63)42(55-37(3)4)25-14-16-30-50/h10-13,21,23-24,26,35-37,39,42,55H,5-9,14-20,22,25,27-34,50-52H2,1-4H3,(H,53,60)(H,54,61)(H,56,63)/b48-47-. The van der Waals surface area contributed by atoms with Crippen LogP contribution in [0.1, 0.15) is 154 Å². The zero-order chi connectivity index (χ0) is 46.0. The summed E-state index contributed by atoms with van der Waals surface area (Å²) in [6, 6.07) is 14.4. The monoisotopic (exact) mass is 874 g/mol. The molecule has 10 N–H and O–H groups in total. The van der Waals surface area contributed by atoms with Gasteiger partial charge in [0.25, 0.3) is 0 Å². The quantitative estimate of drug-likeness (QED) is 0.0202. The Bertz CT molecular complexity index is 1750. The number of para-hydroxylation sites is 1. The Hall–Kier alpha value is -4.79. The fourth-order valence-electron chi connectivity index (χ4n) is 7.90. The number of carbonyl (C=O) groups is 5. The van der Waals surface area contributed by atoms with E-state index in [-0.39, 0.29) is 49.1 Å². The maximum atomic E-state index is 14.0. The Kier molecular flexibility index (Phi) is 24.7. The summed E-state index contributed by atoms with van der Waals surface area (Å²) in [5.41, 5.74) is 16.7. The lowest BCUT2D eigenvalue weighted by Gasteiger charge is -2.33. The molecule has 4 amide bonds. The Morgan fingerprint density at radius 3 is 2.05 bits per heavy atom. The maximum Gasteiger partial charge on any atom is 0.237 e. The van der Waals surface area contributed by atoms with Crippen LogP contribution in [0.2, 0.25) is 0 Å². The second-order valence-corrected chi connectivity index (χ2v) is 17.6. The van der Waals surface area contributed by atoms with E-state index in [4.69, 9.17) is 17.3 Å². The first kappa shape index (κ1) is 52.6. The van der Waals surface area contributed by atoms with Crippen LogP contribution in [0.5, 0.6) is 0 Å². The Balaban J connectivity index is 1.53. The minimum atomic E-state index is -0.618. The smallest absolute Gasteiger partial charge is 0.237 e. The Morgan fingerprint density at radius 2 is 1.35 bits per heavy atom. The molecule has 0 aromatic heterocycles. The SMILES string of the molecule is CC(C)CCCCCCNC(=O)CCCCCN(N)/C1=C(\N)c2ccccc2CN(C(=O)CCC(=O)NCCCCC(C=O)NC(=O)C(CCCCN)NC(C)C)c2ccccc21. The van der Waals surface area contributed by atoms with Gasteiger partial charge < -0.3 is 47.4 Å². The molecule has 2 aromatic carbocycles. The second-order valence-electron chi connectivity index (χ2n) is 17.6. The van der Waals surface area contributed by atoms with Crippen LogP contribution in [0.3, 0.4) is 0 Å². The molecule has 350 valence electrons. The lowest BCUT2D eigenvalue weighted by atomic mass is 9.95. The second kappa shape index (κ2) is 29.6. The molecule has 0 spiro atoms. The first-order valence-electron chi connectivity index (χ1n) is 23.6. The molecule has 2 atom stereocenters. The van der Waals surface area contributed by atoms with Gasteiger partial charge in [-0.05, 0) is 75.5 Å². The van der Waals surface area contributed by atoms with E-state index in [0.29, 0.717) is 68.8 Å². The molecule has 0 aliphatic carbocycles. The van der Waals surface area contributed by atoms with Crippen LogP contribution in [0.4, 0.5) is 5.69 Å². The van der Waals surface area contributed by atoms with Crippen molar-refractivity contribution in [2.24, 2.45) is 23.2 Å². The van der Waals surface area contributed by atoms with Crippen molar-refractivity contribution >= 4 is 47.0 Å². The summed E-state index contributed by atoms with van der Waals surface area (Å²) in [5, 5.41) is 13.8. The summed E-state index contributed by atoms with van der Waals surface area (Å²) >= 11 is 0. The Morgan fingerprint density at radius 1 is 0.730 bits per heavy atom. The fourth-order valence-corrected chi connectivity index (χ4v) is 7.90. The van der Waals surface area contributed by atoms with Crippen molar-refractivity contribution in [2.45, 2.75) is 162 Å². The number of rotatable bonds is 31. The van der Waals surface area contributed by atoms with Gasteiger partial charge >= 0.3 is 0 Å². The summed E-state index contributed by atoms with van der Waals surface area (Å²) in [6.45, 7) is 10.9. The van der Waals surface area contributed by atoms with Crippen molar-refractivity contribution in [3.05, 3.63) is 65.2 Å². The minimum absolute atomic E-state index is 0.00484. The Labute approximate surface area is 377 Å². The van der Waals surface area contributed by atoms with Gasteiger partial charge in [0.1, 0.15) is 6.29 Å². The largest absolute Gasteiger partial charge is 0.396 e. The number of hydrogen-bond acceptors (Lipinski definition) is 10. The summed E-state index contributed by atoms with van der Waals surface area (Å²) in [5.74, 6) is 6.98. The molecule has 0 saturated carbocycles. The molecule has 14 heteroatoms. The molecule has 3 rings (SSSR count). The highest BCUT2D eigenvalue weighted by molar-refractivity contribution is 6.02. The first-order valence-corrected chi connectivity index (χ1v) is 23.6. The zero-order valence-corrected chi connectivity index (χ0v) is 38.7. The van der Waals surface area contributed by atoms with Crippen LogP contribution in [0, 0.1) is 5.92 Å². The van der Waals surface area contributed by atoms with Crippen molar-refractivity contribution in [2.75, 3.05) is 31.1 Å². The van der Waals surface area contributed by atoms with Gasteiger partial charge in [0.2, 0.25) is 23.6 Å². The predicted molar refractivity (Wildman–Crippen MR) is 254 cm³/mol. The summed E-state index contributed by atoms with van der Waals surface area (Å²) in [4.78, 5) is 65.9. The number of carbonyl (C=O) groups excluding carboxylic acids is 5. The number of nitrogens with one attached hydrogen (secondary N) is 4. The molecule has 0 fully saturated rings. The van der Waals surface area contributed by atoms with Crippen LogP contribution in [0.25, 0.3) is 11.4 Å². The highest BCUT2D eigenvalue weighted by Gasteiger charge is 2.28. The molecule has 2 aromatic rings. The van der Waals surface area contributed by atoms with Gasteiger partial charge in [-0.3, -0.25) is 19.2 Å². The van der Waals surface area contributed by atoms with Gasteiger partial charge in [0.05, 0.1) is 35.7 Å². The average Bonchev–Trinajstić information content (AvgIpc) is 3.25. The third-order valence-electron chi connectivity index (χ3n) is 11.4. The van der Waals surface area contributed by atoms with E-state index >= 15 is 0 Å². The number of fused-ring (bicyclic) bond motifs is 2. The molecular weight excluding hydrogens is 795 g/mol. The van der Waals surface area contributed by atoms with Crippen molar-refractivity contribution in [3.63, 3.8) is 0 Å². The number of anilines is 1. The number of unbranched alkanes of at least 4 members (excludes halogenated alkanes) is 7. The third kappa shape index (κ3) is 19.2. The number of hydrogen-bond donors (Lipinski definition) is 7. The predicted octanol–water partition coefficient (Wildman–Crippen LogP) is 6.02. The number of hydrazine groups is 1. The molecule has 1 aliphatic rings. The van der Waals surface area contributed by atoms with Crippen LogP contribution in [-0.4, -0.2) is 79.2 Å². The van der Waals surface area contributed by atoms with E-state index in [1.54, 1.807) is 9.91 Å². The highest BCUT2D eigenvalue weighted by atomic mass is 16.2. The van der Waals surface area contributed by atoms with E-state index in [9.17, 15) is 24.0 Å². The normalized spacial score (nSPS) is 14.6. The van der Waals surface area contributed by atoms with E-state index < -0.39 is 12.1 Å². The van der Waals surface area contributed by atoms with E-state index in [1.165, 1.54) is 19.3 Å². The van der Waals surface area contributed by atoms with Gasteiger partial charge in [-0.25, -0.2) is 5.84 Å². The summed E-state index contributed by atoms with van der Waals surface area (Å²) in [6.07, 6.45) is 13.4. The van der Waals surface area contributed by atoms with Crippen LogP contribution in [0.15, 0.2) is 48.5 Å². The molecule has 0 saturated heterocycles. The molecule has 14 nitrogen and oxygen atoms in total. The minimum Gasteiger partial charge on any atom is -0.396 e. The van der Waals surface area contributed by atoms with Gasteiger partial charge in [0, 0.05) is 56.1 Å². The van der Waals surface area contributed by atoms with Crippen molar-refractivity contribution < 1.29 is 24.0 Å². The summed E-state index contributed by atoms with van der Waals surface area (Å²) in [7, 11) is 0. The van der Waals surface area contributed by atoms with E-state index in [1.807, 2.05) is 62.4 Å². The molecule has 1 aliphatic heterocycles. The number of aldehydes is 1. The molecule has 0 radical (unpaired) electrons. The number of nitrogens with two attached hydrogens (primary N) is 3. The van der Waals surface area contributed by atoms with Crippen molar-refractivity contribution in [1.29, 1.82) is 0 Å². The van der Waals surface area contributed by atoms with E-state index in [0.717, 1.165) is 80.4 Å². The fraction of sp³-hybridized carbons (Fsp3) is 0.612. The maximum absolute atomic E-state index is 14.0. The van der Waals surface area contributed by atoms with Gasteiger partial charge in [-0.15, -0.1) is 0 Å². The highest BCUT2D eigenvalue weighted by Crippen LogP contribution is 2.37. The average molecular weight is 874 g/mol. The summed E-state index contributed by atoms with van der Waals surface area (Å²) < 4.78 is 0. The van der Waals surface area contributed by atoms with E-state index in [2.05, 4.69) is 35.1 Å². The van der Waals surface area contributed by atoms with Crippen molar-refractivity contribution in [3.8, 4) is 0 Å². The van der Waals surface area contributed by atoms with Crippen molar-refractivity contribution in [1.82, 2.24) is 26.3 Å². The van der Waals surface area contributed by atoms with Gasteiger partial charge in [-0.1, -0.05) is 109 Å². The number of nitrogens with zero attached hydrogens (tertiary/aromatic N) is 2. The molecule has 0 bridgehead atoms. The van der Waals surface area contributed by atoms with Gasteiger partial charge in [-0.2, -0.15) is 0 Å². The third-order valence-corrected chi connectivity index (χ3v) is 11.4. The molecule has 1 heterocycles. The molecule has 2 unspecified atom stereocenters. The number of amides is 4. The molecule has 63 heavy (non-hydrogen) atoms. The lowest BCUT2D eigenvalue weighted by Crippen LogP contribution is -2.50. The van der Waals surface area contributed by atoms with Crippen LogP contribution < -0.4 is 43.5 Å². The zero-order valence-electron chi connectivity index (χ0n) is 38.7.